The van der Waals surface area contributed by atoms with Crippen LogP contribution in [0.1, 0.15) is 85.3 Å². The van der Waals surface area contributed by atoms with Gasteiger partial charge in [-0.3, -0.25) is 0 Å². The zero-order chi connectivity index (χ0) is 26.0. The predicted octanol–water partition coefficient (Wildman–Crippen LogP) is 6.60. The summed E-state index contributed by atoms with van der Waals surface area (Å²) >= 11 is 0. The van der Waals surface area contributed by atoms with Crippen LogP contribution in [0.2, 0.25) is 0 Å². The average molecular weight is 489 g/mol. The Morgan fingerprint density at radius 2 is 0.571 bits per heavy atom. The summed E-state index contributed by atoms with van der Waals surface area (Å²) in [7, 11) is -3.38. The van der Waals surface area contributed by atoms with Gasteiger partial charge >= 0.3 is 0 Å². The molecule has 0 saturated carbocycles. The second-order valence-electron chi connectivity index (χ2n) is 10.8. The third kappa shape index (κ3) is 4.03. The van der Waals surface area contributed by atoms with Crippen molar-refractivity contribution in [1.82, 2.24) is 0 Å². The van der Waals surface area contributed by atoms with Gasteiger partial charge in [0.05, 0.1) is 0 Å². The molecule has 0 heterocycles. The van der Waals surface area contributed by atoms with Gasteiger partial charge in [-0.1, -0.05) is 13.5 Å². The maximum absolute atomic E-state index is 13.6. The predicted molar refractivity (Wildman–Crippen MR) is 159 cm³/mol. The van der Waals surface area contributed by atoms with E-state index in [1.165, 1.54) is 93.4 Å². The Labute approximate surface area is 216 Å². The highest BCUT2D eigenvalue weighted by molar-refractivity contribution is 7.07. The van der Waals surface area contributed by atoms with Gasteiger partial charge in [-0.05, 0) is 190 Å². The van der Waals surface area contributed by atoms with E-state index in [1.807, 2.05) is 0 Å². The van der Waals surface area contributed by atoms with Crippen molar-refractivity contribution >= 4 is 23.9 Å². The minimum Gasteiger partial charge on any atom is -0.421 e. The van der Waals surface area contributed by atoms with Gasteiger partial charge in [0, 0.05) is 0 Å². The number of aryl methyl sites for hydroxylation is 2. The molecule has 1 nitrogen and oxygen atoms in total. The molecule has 0 aliphatic heterocycles. The summed E-state index contributed by atoms with van der Waals surface area (Å²) in [6.07, 6.45) is 0. The minimum absolute atomic E-state index is 0. The topological polar surface area (TPSA) is 20.2 Å². The van der Waals surface area contributed by atoms with E-state index in [0.29, 0.717) is 0 Å². The van der Waals surface area contributed by atoms with Gasteiger partial charge in [-0.25, -0.2) is 0 Å². The van der Waals surface area contributed by atoms with Crippen LogP contribution in [-0.4, -0.2) is 13.1 Å². The van der Waals surface area contributed by atoms with Crippen molar-refractivity contribution in [2.75, 3.05) is 0 Å². The van der Waals surface area contributed by atoms with Gasteiger partial charge in [0.15, 0.2) is 0 Å². The van der Waals surface area contributed by atoms with Crippen LogP contribution in [0.25, 0.3) is 0 Å². The summed E-state index contributed by atoms with van der Waals surface area (Å²) in [6, 6.07) is 2.28. The van der Waals surface area contributed by atoms with Crippen molar-refractivity contribution in [2.45, 2.75) is 104 Å². The van der Waals surface area contributed by atoms with Crippen molar-refractivity contribution in [2.24, 2.45) is 0 Å². The molecule has 1 N–H and O–H groups in total. The summed E-state index contributed by atoms with van der Waals surface area (Å²) in [5.41, 5.74) is 17.9. The van der Waals surface area contributed by atoms with Crippen molar-refractivity contribution in [3.05, 3.63) is 84.0 Å². The Hall–Kier alpha value is -2.16. The van der Waals surface area contributed by atoms with Crippen LogP contribution in [0, 0.1) is 96.9 Å². The fourth-order valence-corrected chi connectivity index (χ4v) is 11.4. The molecule has 2 heteroatoms. The Morgan fingerprint density at radius 1 is 0.371 bits per heavy atom. The SMILES string of the molecule is C.Cc1cc(C)c(C)c([Si](O)(c2c(C)c(C)c(C)c(C)c2C)c2c(C)c(C)c(C)c(C)c2C)c1C. The van der Waals surface area contributed by atoms with E-state index in [0.717, 1.165) is 0 Å². The first-order valence-corrected chi connectivity index (χ1v) is 14.5. The van der Waals surface area contributed by atoms with E-state index in [4.69, 9.17) is 0 Å². The Kier molecular flexibility index (Phi) is 8.06. The molecule has 0 aliphatic carbocycles. The van der Waals surface area contributed by atoms with Gasteiger partial charge < -0.3 is 4.80 Å². The first-order chi connectivity index (χ1) is 15.6. The van der Waals surface area contributed by atoms with Gasteiger partial charge in [0.1, 0.15) is 0 Å². The summed E-state index contributed by atoms with van der Waals surface area (Å²) < 4.78 is 0. The van der Waals surface area contributed by atoms with Crippen molar-refractivity contribution in [3.8, 4) is 0 Å². The summed E-state index contributed by atoms with van der Waals surface area (Å²) in [4.78, 5) is 13.6. The van der Waals surface area contributed by atoms with Gasteiger partial charge in [0.2, 0.25) is 0 Å². The van der Waals surface area contributed by atoms with E-state index in [1.54, 1.807) is 0 Å². The highest BCUT2D eigenvalue weighted by atomic mass is 28.4. The molecule has 3 rings (SSSR count). The van der Waals surface area contributed by atoms with Crippen molar-refractivity contribution in [3.63, 3.8) is 0 Å². The molecule has 0 amide bonds. The first-order valence-electron chi connectivity index (χ1n) is 12.6. The molecule has 3 aromatic rings. The minimum atomic E-state index is -3.38. The van der Waals surface area contributed by atoms with Crippen LogP contribution < -0.4 is 15.6 Å². The molecule has 0 radical (unpaired) electrons. The Bertz CT molecular complexity index is 1190. The van der Waals surface area contributed by atoms with Gasteiger partial charge in [-0.15, -0.1) is 0 Å². The fourth-order valence-electron chi connectivity index (χ4n) is 6.22. The Morgan fingerprint density at radius 3 is 0.829 bits per heavy atom. The molecule has 0 fully saturated rings. The highest BCUT2D eigenvalue weighted by Gasteiger charge is 2.46. The first kappa shape index (κ1) is 29.1. The van der Waals surface area contributed by atoms with Crippen LogP contribution in [0.4, 0.5) is 0 Å². The largest absolute Gasteiger partial charge is 0.421 e. The lowest BCUT2D eigenvalue weighted by molar-refractivity contribution is 0.581. The maximum Gasteiger partial charge on any atom is 0.287 e. The number of hydrogen-bond acceptors (Lipinski definition) is 1. The van der Waals surface area contributed by atoms with E-state index in [2.05, 4.69) is 103 Å². The molecule has 35 heavy (non-hydrogen) atoms. The molecule has 3 aromatic carbocycles. The highest BCUT2D eigenvalue weighted by Crippen LogP contribution is 2.28. The van der Waals surface area contributed by atoms with Crippen LogP contribution in [0.15, 0.2) is 6.07 Å². The number of rotatable bonds is 3. The lowest BCUT2D eigenvalue weighted by atomic mass is 9.94. The zero-order valence-corrected chi connectivity index (χ0v) is 25.0. The van der Waals surface area contributed by atoms with Crippen molar-refractivity contribution < 1.29 is 4.80 Å². The third-order valence-corrected chi connectivity index (χ3v) is 13.9. The molecular formula is C33H48OSi. The molecule has 0 saturated heterocycles. The molecular weight excluding hydrogens is 440 g/mol. The number of benzene rings is 3. The monoisotopic (exact) mass is 488 g/mol. The second kappa shape index (κ2) is 9.71. The average Bonchev–Trinajstić information content (AvgIpc) is 2.77. The molecule has 0 aromatic heterocycles. The molecule has 0 aliphatic rings. The standard InChI is InChI=1S/C32H44OSi.CH4/c1-16-15-17(2)19(4)30(18(16)3)34(33,31-26(11)22(7)20(5)23(8)27(31)12)32-28(13)24(9)21(6)25(10)29(32)14;/h15,33H,1-14H3;1H4. The van der Waals surface area contributed by atoms with E-state index in [-0.39, 0.29) is 7.43 Å². The molecule has 0 spiro atoms. The maximum atomic E-state index is 13.6. The van der Waals surface area contributed by atoms with E-state index >= 15 is 0 Å². The lowest BCUT2D eigenvalue weighted by Crippen LogP contribution is -2.72. The quantitative estimate of drug-likeness (QED) is 0.325. The molecule has 0 bridgehead atoms. The fraction of sp³-hybridized carbons (Fsp3) is 0.455. The van der Waals surface area contributed by atoms with Gasteiger partial charge in [0.25, 0.3) is 8.32 Å². The smallest absolute Gasteiger partial charge is 0.287 e. The van der Waals surface area contributed by atoms with Crippen LogP contribution in [0.3, 0.4) is 0 Å². The van der Waals surface area contributed by atoms with Crippen LogP contribution in [0.5, 0.6) is 0 Å². The van der Waals surface area contributed by atoms with Crippen molar-refractivity contribution in [1.29, 1.82) is 0 Å². The number of hydrogen-bond donors (Lipinski definition) is 1. The zero-order valence-electron chi connectivity index (χ0n) is 24.0. The normalized spacial score (nSPS) is 11.6. The van der Waals surface area contributed by atoms with E-state index in [9.17, 15) is 4.80 Å². The second-order valence-corrected chi connectivity index (χ2v) is 13.8. The van der Waals surface area contributed by atoms with E-state index < -0.39 is 8.32 Å². The molecule has 190 valence electrons. The van der Waals surface area contributed by atoms with Gasteiger partial charge in [-0.2, -0.15) is 0 Å². The molecule has 0 atom stereocenters. The van der Waals surface area contributed by atoms with Crippen LogP contribution in [-0.2, 0) is 0 Å². The Balaban J connectivity index is 0.00000432. The summed E-state index contributed by atoms with van der Waals surface area (Å²) in [5, 5.41) is 3.57. The third-order valence-electron chi connectivity index (χ3n) is 9.45. The van der Waals surface area contributed by atoms with Crippen LogP contribution >= 0.6 is 0 Å². The summed E-state index contributed by atoms with van der Waals surface area (Å²) in [6.45, 7) is 31.1. The molecule has 0 unspecified atom stereocenters. The lowest BCUT2D eigenvalue weighted by Gasteiger charge is -2.38. The summed E-state index contributed by atoms with van der Waals surface area (Å²) in [5.74, 6) is 0.